The fourth-order valence-corrected chi connectivity index (χ4v) is 6.77. The number of carbonyl (C=O) groups is 6. The second-order valence-electron chi connectivity index (χ2n) is 15.2. The standard InChI is InChI=1S/C41H58N10O8/c1-21(2)33(36(44)54)49-38(56)31(17-24-19-45-29-14-7-5-11-26(24)29)47-41(59)35(23(4)53)51-39(57)32(18-25-20-46-30-15-8-6-12-27(25)30)48-40(58)34(22(3)52)50-37(55)28(43)13-9-10-16-42/h5-8,11-12,14-15,19-23,28,31-35,45-46,52-53H,9-10,13,16-18,42-43H2,1-4H3,(H2,44,54)(H,47,59)(H,48,58)(H,49,56)(H,50,55)(H,51,57)/t22-,23-,28+,31+,32+,33+,34+,35+/m1/s1. The molecule has 2 aromatic heterocycles. The molecule has 0 aliphatic heterocycles. The van der Waals surface area contributed by atoms with Gasteiger partial charge in [0.25, 0.3) is 0 Å². The first kappa shape index (κ1) is 45.9. The van der Waals surface area contributed by atoms with Crippen molar-refractivity contribution in [2.45, 2.75) is 108 Å². The molecule has 2 aromatic carbocycles. The number of rotatable bonds is 22. The van der Waals surface area contributed by atoms with E-state index in [4.69, 9.17) is 17.2 Å². The molecule has 4 aromatic rings. The van der Waals surface area contributed by atoms with E-state index in [1.807, 2.05) is 42.5 Å². The van der Waals surface area contributed by atoms with Crippen LogP contribution in [0.4, 0.5) is 0 Å². The molecule has 8 atom stereocenters. The summed E-state index contributed by atoms with van der Waals surface area (Å²) in [6.07, 6.45) is 1.76. The van der Waals surface area contributed by atoms with Crippen molar-refractivity contribution in [2.75, 3.05) is 6.54 Å². The Bertz CT molecular complexity index is 2080. The number of nitrogens with two attached hydrogens (primary N) is 3. The molecule has 59 heavy (non-hydrogen) atoms. The Kier molecular flexibility index (Phi) is 16.5. The number of aromatic amines is 2. The fourth-order valence-electron chi connectivity index (χ4n) is 6.77. The van der Waals surface area contributed by atoms with E-state index in [2.05, 4.69) is 36.6 Å². The predicted octanol–water partition coefficient (Wildman–Crippen LogP) is -0.782. The van der Waals surface area contributed by atoms with Gasteiger partial charge in [0.05, 0.1) is 18.2 Å². The Labute approximate surface area is 342 Å². The molecule has 18 nitrogen and oxygen atoms in total. The smallest absolute Gasteiger partial charge is 0.245 e. The number of hydrogen-bond acceptors (Lipinski definition) is 10. The van der Waals surface area contributed by atoms with E-state index in [9.17, 15) is 39.0 Å². The Morgan fingerprint density at radius 3 is 1.44 bits per heavy atom. The molecule has 0 bridgehead atoms. The average molecular weight is 819 g/mol. The van der Waals surface area contributed by atoms with Crippen molar-refractivity contribution in [3.05, 3.63) is 72.1 Å². The van der Waals surface area contributed by atoms with E-state index in [1.54, 1.807) is 32.3 Å². The van der Waals surface area contributed by atoms with Gasteiger partial charge in [0.1, 0.15) is 30.2 Å². The highest BCUT2D eigenvalue weighted by molar-refractivity contribution is 5.98. The molecule has 0 saturated carbocycles. The maximum Gasteiger partial charge on any atom is 0.245 e. The molecule has 15 N–H and O–H groups in total. The lowest BCUT2D eigenvalue weighted by molar-refractivity contribution is -0.137. The summed E-state index contributed by atoms with van der Waals surface area (Å²) in [5, 5.41) is 35.9. The highest BCUT2D eigenvalue weighted by Crippen LogP contribution is 2.21. The molecule has 0 unspecified atom stereocenters. The lowest BCUT2D eigenvalue weighted by Gasteiger charge is -2.29. The number of aliphatic hydroxyl groups is 2. The van der Waals surface area contributed by atoms with Gasteiger partial charge in [-0.05, 0) is 62.4 Å². The van der Waals surface area contributed by atoms with Crippen LogP contribution >= 0.6 is 0 Å². The van der Waals surface area contributed by atoms with Crippen LogP contribution in [0.25, 0.3) is 21.8 Å². The molecule has 0 aliphatic carbocycles. The molecule has 0 aliphatic rings. The Balaban J connectivity index is 1.61. The molecule has 320 valence electrons. The first-order valence-electron chi connectivity index (χ1n) is 19.7. The lowest BCUT2D eigenvalue weighted by Crippen LogP contribution is -2.63. The minimum Gasteiger partial charge on any atom is -0.391 e. The maximum absolute atomic E-state index is 14.2. The van der Waals surface area contributed by atoms with Gasteiger partial charge in [-0.1, -0.05) is 56.7 Å². The maximum atomic E-state index is 14.2. The van der Waals surface area contributed by atoms with Crippen LogP contribution in [0, 0.1) is 5.92 Å². The predicted molar refractivity (Wildman–Crippen MR) is 222 cm³/mol. The van der Waals surface area contributed by atoms with Crippen LogP contribution in [-0.4, -0.2) is 111 Å². The van der Waals surface area contributed by atoms with Crippen LogP contribution in [0.3, 0.4) is 0 Å². The minimum absolute atomic E-state index is 0.0476. The van der Waals surface area contributed by atoms with Crippen molar-refractivity contribution in [1.29, 1.82) is 0 Å². The van der Waals surface area contributed by atoms with Crippen LogP contribution in [0.5, 0.6) is 0 Å². The molecule has 0 radical (unpaired) electrons. The van der Waals surface area contributed by atoms with Crippen molar-refractivity contribution in [3.63, 3.8) is 0 Å². The fraction of sp³-hybridized carbons (Fsp3) is 0.463. The van der Waals surface area contributed by atoms with Gasteiger partial charge in [0, 0.05) is 47.0 Å². The second-order valence-corrected chi connectivity index (χ2v) is 15.2. The summed E-state index contributed by atoms with van der Waals surface area (Å²) in [4.78, 5) is 87.2. The summed E-state index contributed by atoms with van der Waals surface area (Å²) >= 11 is 0. The van der Waals surface area contributed by atoms with Gasteiger partial charge in [-0.15, -0.1) is 0 Å². The van der Waals surface area contributed by atoms with Crippen molar-refractivity contribution in [2.24, 2.45) is 23.1 Å². The number of H-pyrrole nitrogens is 2. The summed E-state index contributed by atoms with van der Waals surface area (Å²) in [5.74, 6) is -5.32. The number of carbonyl (C=O) groups excluding carboxylic acids is 6. The molecule has 4 rings (SSSR count). The molecular weight excluding hydrogens is 761 g/mol. The first-order valence-corrected chi connectivity index (χ1v) is 19.7. The molecule has 18 heteroatoms. The van der Waals surface area contributed by atoms with E-state index in [-0.39, 0.29) is 18.8 Å². The topological polar surface area (TPSA) is 313 Å². The Morgan fingerprint density at radius 1 is 0.610 bits per heavy atom. The van der Waals surface area contributed by atoms with Gasteiger partial charge in [-0.2, -0.15) is 0 Å². The number of aromatic nitrogens is 2. The first-order chi connectivity index (χ1) is 28.0. The van der Waals surface area contributed by atoms with Crippen LogP contribution < -0.4 is 43.8 Å². The summed E-state index contributed by atoms with van der Waals surface area (Å²) in [5.41, 5.74) is 20.0. The van der Waals surface area contributed by atoms with Gasteiger partial charge in [-0.25, -0.2) is 0 Å². The van der Waals surface area contributed by atoms with E-state index >= 15 is 0 Å². The van der Waals surface area contributed by atoms with Gasteiger partial charge in [0.15, 0.2) is 0 Å². The van der Waals surface area contributed by atoms with Crippen molar-refractivity contribution >= 4 is 57.2 Å². The Morgan fingerprint density at radius 2 is 1.03 bits per heavy atom. The third-order valence-electron chi connectivity index (χ3n) is 10.2. The number of benzene rings is 2. The molecule has 0 spiro atoms. The number of para-hydroxylation sites is 2. The van der Waals surface area contributed by atoms with Crippen molar-refractivity contribution < 1.29 is 39.0 Å². The third kappa shape index (κ3) is 12.3. The van der Waals surface area contributed by atoms with Crippen molar-refractivity contribution in [1.82, 2.24) is 36.6 Å². The Hall–Kier alpha value is -5.82. The summed E-state index contributed by atoms with van der Waals surface area (Å²) in [6.45, 7) is 6.38. The normalized spacial score (nSPS) is 15.6. The number of nitrogens with one attached hydrogen (secondary N) is 7. The zero-order chi connectivity index (χ0) is 43.4. The number of unbranched alkanes of at least 4 members (excludes halogenated alkanes) is 1. The van der Waals surface area contributed by atoms with Gasteiger partial charge in [-0.3, -0.25) is 28.8 Å². The quantitative estimate of drug-likeness (QED) is 0.0439. The van der Waals surface area contributed by atoms with Crippen LogP contribution in [0.2, 0.25) is 0 Å². The molecule has 6 amide bonds. The molecule has 0 fully saturated rings. The molecular formula is C41H58N10O8. The van der Waals surface area contributed by atoms with E-state index in [0.29, 0.717) is 36.9 Å². The zero-order valence-corrected chi connectivity index (χ0v) is 33.8. The van der Waals surface area contributed by atoms with E-state index in [1.165, 1.54) is 13.8 Å². The van der Waals surface area contributed by atoms with E-state index < -0.39 is 83.9 Å². The monoisotopic (exact) mass is 818 g/mol. The van der Waals surface area contributed by atoms with E-state index in [0.717, 1.165) is 21.8 Å². The van der Waals surface area contributed by atoms with Crippen LogP contribution in [0.1, 0.15) is 58.1 Å². The molecule has 0 saturated heterocycles. The summed E-state index contributed by atoms with van der Waals surface area (Å²) in [7, 11) is 0. The van der Waals surface area contributed by atoms with Gasteiger partial charge < -0.3 is 64.0 Å². The molecule has 2 heterocycles. The number of hydrogen-bond donors (Lipinski definition) is 12. The number of fused-ring (bicyclic) bond motifs is 2. The SMILES string of the molecule is CC(C)[C@H](NC(=O)[C@H](Cc1c[nH]c2ccccc12)NC(=O)[C@@H](NC(=O)[C@H](Cc1c[nH]c2ccccc12)NC(=O)[C@@H](NC(=O)[C@@H](N)CCCCN)[C@@H](C)O)[C@@H](C)O)C(N)=O. The number of aliphatic hydroxyl groups excluding tert-OH is 2. The zero-order valence-electron chi connectivity index (χ0n) is 33.8. The summed E-state index contributed by atoms with van der Waals surface area (Å²) in [6, 6.07) is 6.65. The average Bonchev–Trinajstić information content (AvgIpc) is 3.80. The van der Waals surface area contributed by atoms with Gasteiger partial charge >= 0.3 is 0 Å². The van der Waals surface area contributed by atoms with Crippen LogP contribution in [-0.2, 0) is 41.6 Å². The minimum atomic E-state index is -1.65. The second kappa shape index (κ2) is 21.3. The summed E-state index contributed by atoms with van der Waals surface area (Å²) < 4.78 is 0. The number of amides is 6. The third-order valence-corrected chi connectivity index (χ3v) is 10.2. The number of primary amides is 1. The van der Waals surface area contributed by atoms with Gasteiger partial charge in [0.2, 0.25) is 35.4 Å². The van der Waals surface area contributed by atoms with Crippen molar-refractivity contribution in [3.8, 4) is 0 Å². The van der Waals surface area contributed by atoms with Crippen LogP contribution in [0.15, 0.2) is 60.9 Å². The highest BCUT2D eigenvalue weighted by atomic mass is 16.3. The lowest BCUT2D eigenvalue weighted by atomic mass is 10.00. The largest absolute Gasteiger partial charge is 0.391 e. The highest BCUT2D eigenvalue weighted by Gasteiger charge is 2.36.